The molecule has 0 amide bonds. The van der Waals surface area contributed by atoms with Gasteiger partial charge in [0, 0.05) is 29.2 Å². The Bertz CT molecular complexity index is 674. The molecule has 2 aromatic rings. The molecule has 0 atom stereocenters. The van der Waals surface area contributed by atoms with Crippen LogP contribution in [0.15, 0.2) is 41.3 Å². The molecular weight excluding hydrogens is 291 g/mol. The molecule has 0 saturated carbocycles. The summed E-state index contributed by atoms with van der Waals surface area (Å²) in [5.41, 5.74) is 0.681. The van der Waals surface area contributed by atoms with Gasteiger partial charge in [-0.3, -0.25) is 4.79 Å². The first kappa shape index (κ1) is 14.7. The molecule has 0 spiro atoms. The number of hydrogen-bond acceptors (Lipinski definition) is 1. The molecule has 106 valence electrons. The first-order chi connectivity index (χ1) is 9.32. The van der Waals surface area contributed by atoms with E-state index in [2.05, 4.69) is 0 Å². The van der Waals surface area contributed by atoms with Crippen molar-refractivity contribution in [3.05, 3.63) is 63.6 Å². The molecule has 1 heterocycles. The lowest BCUT2D eigenvalue weighted by atomic mass is 10.2. The molecule has 0 bridgehead atoms. The number of alkyl halides is 4. The molecular formula is C14H11ClF3NO. The molecule has 1 aromatic heterocycles. The number of aromatic nitrogens is 1. The lowest BCUT2D eigenvalue weighted by Gasteiger charge is -2.13. The number of aryl methyl sites for hydroxylation is 1. The first-order valence-corrected chi connectivity index (χ1v) is 6.32. The van der Waals surface area contributed by atoms with E-state index in [9.17, 15) is 18.0 Å². The number of hydrogen-bond donors (Lipinski definition) is 0. The second-order valence-electron chi connectivity index (χ2n) is 4.35. The van der Waals surface area contributed by atoms with Crippen LogP contribution in [0.4, 0.5) is 13.2 Å². The predicted octanol–water partition coefficient (Wildman–Crippen LogP) is 3.90. The fourth-order valence-electron chi connectivity index (χ4n) is 1.86. The van der Waals surface area contributed by atoms with E-state index in [1.54, 1.807) is 17.7 Å². The summed E-state index contributed by atoms with van der Waals surface area (Å²) >= 11 is 5.67. The van der Waals surface area contributed by atoms with Crippen LogP contribution in [0.2, 0.25) is 0 Å². The van der Waals surface area contributed by atoms with Crippen molar-refractivity contribution in [3.8, 4) is 5.69 Å². The smallest absolute Gasteiger partial charge is 0.321 e. The largest absolute Gasteiger partial charge is 0.416 e. The maximum Gasteiger partial charge on any atom is 0.416 e. The van der Waals surface area contributed by atoms with Crippen LogP contribution in [-0.2, 0) is 12.1 Å². The van der Waals surface area contributed by atoms with E-state index >= 15 is 0 Å². The first-order valence-electron chi connectivity index (χ1n) is 5.78. The third-order valence-electron chi connectivity index (χ3n) is 2.94. The van der Waals surface area contributed by atoms with Crippen LogP contribution in [0.1, 0.15) is 16.8 Å². The summed E-state index contributed by atoms with van der Waals surface area (Å²) in [6.45, 7) is 1.71. The van der Waals surface area contributed by atoms with Gasteiger partial charge in [0.1, 0.15) is 0 Å². The van der Waals surface area contributed by atoms with Crippen molar-refractivity contribution in [3.63, 3.8) is 0 Å². The Hall–Kier alpha value is -1.75. The number of nitrogens with zero attached hydrogens (tertiary/aromatic N) is 1. The summed E-state index contributed by atoms with van der Waals surface area (Å²) in [6.07, 6.45) is -2.81. The third kappa shape index (κ3) is 2.88. The number of benzene rings is 1. The van der Waals surface area contributed by atoms with Gasteiger partial charge in [-0.1, -0.05) is 0 Å². The Morgan fingerprint density at radius 3 is 2.30 bits per heavy atom. The SMILES string of the molecule is Cc1cc(=O)c(CCl)cn1-c1ccc(C(F)(F)F)cc1. The molecule has 0 aliphatic rings. The molecule has 20 heavy (non-hydrogen) atoms. The highest BCUT2D eigenvalue weighted by atomic mass is 35.5. The van der Waals surface area contributed by atoms with Gasteiger partial charge in [0.2, 0.25) is 0 Å². The average Bonchev–Trinajstić information content (AvgIpc) is 2.38. The van der Waals surface area contributed by atoms with Crippen LogP contribution in [-0.4, -0.2) is 4.57 Å². The van der Waals surface area contributed by atoms with Crippen molar-refractivity contribution in [1.29, 1.82) is 0 Å². The summed E-state index contributed by atoms with van der Waals surface area (Å²) in [7, 11) is 0. The summed E-state index contributed by atoms with van der Waals surface area (Å²) in [5.74, 6) is 0.0553. The number of halogens is 4. The van der Waals surface area contributed by atoms with Crippen molar-refractivity contribution in [1.82, 2.24) is 4.57 Å². The molecule has 0 aliphatic carbocycles. The molecule has 6 heteroatoms. The van der Waals surface area contributed by atoms with Crippen LogP contribution in [0.5, 0.6) is 0 Å². The van der Waals surface area contributed by atoms with E-state index in [0.29, 0.717) is 16.9 Å². The molecule has 0 saturated heterocycles. The lowest BCUT2D eigenvalue weighted by Crippen LogP contribution is -2.13. The molecule has 2 rings (SSSR count). The minimum Gasteiger partial charge on any atom is -0.321 e. The van der Waals surface area contributed by atoms with Gasteiger partial charge in [0.25, 0.3) is 0 Å². The Morgan fingerprint density at radius 1 is 1.20 bits per heavy atom. The Balaban J connectivity index is 2.49. The highest BCUT2D eigenvalue weighted by Gasteiger charge is 2.30. The maximum atomic E-state index is 12.5. The Kier molecular flexibility index (Phi) is 3.90. The van der Waals surface area contributed by atoms with Crippen molar-refractivity contribution in [2.24, 2.45) is 0 Å². The van der Waals surface area contributed by atoms with Crippen LogP contribution in [0.3, 0.4) is 0 Å². The minimum absolute atomic E-state index is 0.0553. The van der Waals surface area contributed by atoms with E-state index < -0.39 is 11.7 Å². The molecule has 2 nitrogen and oxygen atoms in total. The minimum atomic E-state index is -4.36. The molecule has 0 unspecified atom stereocenters. The zero-order chi connectivity index (χ0) is 14.9. The Labute approximate surface area is 118 Å². The molecule has 0 N–H and O–H groups in total. The van der Waals surface area contributed by atoms with Crippen LogP contribution < -0.4 is 5.43 Å². The molecule has 0 aliphatic heterocycles. The molecule has 0 fully saturated rings. The summed E-state index contributed by atoms with van der Waals surface area (Å²) in [4.78, 5) is 11.6. The van der Waals surface area contributed by atoms with Gasteiger partial charge in [-0.15, -0.1) is 11.6 Å². The zero-order valence-corrected chi connectivity index (χ0v) is 11.3. The Morgan fingerprint density at radius 2 is 1.80 bits per heavy atom. The lowest BCUT2D eigenvalue weighted by molar-refractivity contribution is -0.137. The number of rotatable bonds is 2. The fraction of sp³-hybridized carbons (Fsp3) is 0.214. The highest BCUT2D eigenvalue weighted by Crippen LogP contribution is 2.29. The standard InChI is InChI=1S/C14H11ClF3NO/c1-9-6-13(20)10(7-15)8-19(9)12-4-2-11(3-5-12)14(16,17)18/h2-6,8H,7H2,1H3. The van der Waals surface area contributed by atoms with E-state index in [-0.39, 0.29) is 11.3 Å². The van der Waals surface area contributed by atoms with E-state index in [4.69, 9.17) is 11.6 Å². The van der Waals surface area contributed by atoms with Gasteiger partial charge < -0.3 is 4.57 Å². The van der Waals surface area contributed by atoms with Gasteiger partial charge in [-0.25, -0.2) is 0 Å². The number of pyridine rings is 1. The van der Waals surface area contributed by atoms with Crippen molar-refractivity contribution >= 4 is 11.6 Å². The quantitative estimate of drug-likeness (QED) is 0.771. The van der Waals surface area contributed by atoms with E-state index in [1.165, 1.54) is 18.2 Å². The summed E-state index contributed by atoms with van der Waals surface area (Å²) in [5, 5.41) is 0. The average molecular weight is 302 g/mol. The van der Waals surface area contributed by atoms with Gasteiger partial charge >= 0.3 is 6.18 Å². The van der Waals surface area contributed by atoms with Crippen LogP contribution in [0, 0.1) is 6.92 Å². The summed E-state index contributed by atoms with van der Waals surface area (Å²) in [6, 6.07) is 6.15. The highest BCUT2D eigenvalue weighted by molar-refractivity contribution is 6.17. The van der Waals surface area contributed by atoms with Crippen molar-refractivity contribution in [2.45, 2.75) is 19.0 Å². The van der Waals surface area contributed by atoms with Crippen molar-refractivity contribution in [2.75, 3.05) is 0 Å². The second-order valence-corrected chi connectivity index (χ2v) is 4.62. The zero-order valence-electron chi connectivity index (χ0n) is 10.5. The molecule has 0 radical (unpaired) electrons. The second kappa shape index (κ2) is 5.32. The summed E-state index contributed by atoms with van der Waals surface area (Å²) < 4.78 is 39.2. The monoisotopic (exact) mass is 301 g/mol. The van der Waals surface area contributed by atoms with Gasteiger partial charge in [0.15, 0.2) is 5.43 Å². The predicted molar refractivity (Wildman–Crippen MR) is 71.3 cm³/mol. The van der Waals surface area contributed by atoms with Crippen LogP contribution >= 0.6 is 11.6 Å². The van der Waals surface area contributed by atoms with Gasteiger partial charge in [-0.2, -0.15) is 13.2 Å². The third-order valence-corrected chi connectivity index (χ3v) is 3.23. The van der Waals surface area contributed by atoms with E-state index in [0.717, 1.165) is 12.1 Å². The fourth-order valence-corrected chi connectivity index (χ4v) is 2.06. The van der Waals surface area contributed by atoms with Crippen LogP contribution in [0.25, 0.3) is 5.69 Å². The topological polar surface area (TPSA) is 22.0 Å². The van der Waals surface area contributed by atoms with Gasteiger partial charge in [0.05, 0.1) is 11.4 Å². The normalized spacial score (nSPS) is 11.7. The maximum absolute atomic E-state index is 12.5. The van der Waals surface area contributed by atoms with Crippen molar-refractivity contribution < 1.29 is 13.2 Å². The van der Waals surface area contributed by atoms with Gasteiger partial charge in [-0.05, 0) is 31.2 Å². The molecule has 1 aromatic carbocycles. The van der Waals surface area contributed by atoms with E-state index in [1.807, 2.05) is 0 Å².